The summed E-state index contributed by atoms with van der Waals surface area (Å²) in [5.74, 6) is -0.734. The Hall–Kier alpha value is -2.93. The largest absolute Gasteiger partial charge is 0.484 e. The highest BCUT2D eigenvalue weighted by Gasteiger charge is 2.21. The molecule has 0 aromatic heterocycles. The molecule has 0 saturated heterocycles. The molecule has 2 amide bonds. The second-order valence-electron chi connectivity index (χ2n) is 6.50. The van der Waals surface area contributed by atoms with Crippen molar-refractivity contribution in [3.63, 3.8) is 0 Å². The highest BCUT2D eigenvalue weighted by atomic mass is 19.1. The minimum absolute atomic E-state index is 0.267. The maximum Gasteiger partial charge on any atom is 0.258 e. The molecule has 0 radical (unpaired) electrons. The number of unbranched alkanes of at least 4 members (excludes halogenated alkanes) is 1. The Morgan fingerprint density at radius 3 is 2.39 bits per heavy atom. The molecule has 2 rings (SSSR count). The molecule has 0 aliphatic carbocycles. The molecule has 0 aliphatic rings. The zero-order valence-electron chi connectivity index (χ0n) is 15.9. The average Bonchev–Trinajstić information content (AvgIpc) is 2.68. The van der Waals surface area contributed by atoms with E-state index in [1.54, 1.807) is 0 Å². The van der Waals surface area contributed by atoms with Gasteiger partial charge in [0.25, 0.3) is 5.91 Å². The van der Waals surface area contributed by atoms with E-state index in [0.717, 1.165) is 12.0 Å². The number of ether oxygens (including phenoxy) is 1. The van der Waals surface area contributed by atoms with Crippen LogP contribution in [0.3, 0.4) is 0 Å². The summed E-state index contributed by atoms with van der Waals surface area (Å²) in [4.78, 5) is 24.8. The first kappa shape index (κ1) is 21.4. The Morgan fingerprint density at radius 1 is 1.07 bits per heavy atom. The molecule has 7 heteroatoms. The van der Waals surface area contributed by atoms with Crippen molar-refractivity contribution in [3.05, 3.63) is 59.9 Å². The lowest BCUT2D eigenvalue weighted by Gasteiger charge is -2.19. The van der Waals surface area contributed by atoms with Crippen LogP contribution in [0.5, 0.6) is 5.75 Å². The zero-order valence-corrected chi connectivity index (χ0v) is 15.9. The summed E-state index contributed by atoms with van der Waals surface area (Å²) in [6.45, 7) is 2.22. The van der Waals surface area contributed by atoms with Gasteiger partial charge in [-0.3, -0.25) is 9.59 Å². The molecule has 28 heavy (non-hydrogen) atoms. The molecule has 0 bridgehead atoms. The van der Waals surface area contributed by atoms with Crippen molar-refractivity contribution >= 4 is 17.5 Å². The van der Waals surface area contributed by atoms with E-state index in [1.807, 2.05) is 31.2 Å². The molecule has 2 aromatic carbocycles. The third-order valence-electron chi connectivity index (χ3n) is 4.10. The summed E-state index contributed by atoms with van der Waals surface area (Å²) >= 11 is 0. The van der Waals surface area contributed by atoms with E-state index in [1.165, 1.54) is 24.3 Å². The smallest absolute Gasteiger partial charge is 0.258 e. The van der Waals surface area contributed by atoms with Crippen LogP contribution in [0.25, 0.3) is 0 Å². The number of carbonyl (C=O) groups excluding carboxylic acids is 2. The maximum atomic E-state index is 12.9. The van der Waals surface area contributed by atoms with Crippen LogP contribution in [0.1, 0.15) is 24.8 Å². The summed E-state index contributed by atoms with van der Waals surface area (Å²) < 4.78 is 18.2. The molecular weight excluding hydrogens is 361 g/mol. The number of carbonyl (C=O) groups is 2. The second kappa shape index (κ2) is 11.0. The molecule has 1 atom stereocenters. The fourth-order valence-electron chi connectivity index (χ4n) is 2.54. The number of rotatable bonds is 10. The predicted octanol–water partition coefficient (Wildman–Crippen LogP) is 2.77. The van der Waals surface area contributed by atoms with E-state index in [2.05, 4.69) is 10.6 Å². The fraction of sp³-hybridized carbons (Fsp3) is 0.333. The predicted molar refractivity (Wildman–Crippen MR) is 107 cm³/mol. The van der Waals surface area contributed by atoms with Gasteiger partial charge in [0.2, 0.25) is 5.91 Å². The third kappa shape index (κ3) is 7.36. The van der Waals surface area contributed by atoms with Gasteiger partial charge in [-0.15, -0.1) is 0 Å². The fourth-order valence-corrected chi connectivity index (χ4v) is 2.54. The average molecular weight is 387 g/mol. The van der Waals surface area contributed by atoms with Gasteiger partial charge in [0.15, 0.2) is 6.61 Å². The van der Waals surface area contributed by atoms with Crippen LogP contribution in [0.2, 0.25) is 0 Å². The number of hydrogen-bond acceptors (Lipinski definition) is 4. The summed E-state index contributed by atoms with van der Waals surface area (Å²) in [6.07, 6.45) is 1.94. The van der Waals surface area contributed by atoms with E-state index in [0.29, 0.717) is 30.8 Å². The van der Waals surface area contributed by atoms with Crippen molar-refractivity contribution in [2.75, 3.05) is 18.5 Å². The summed E-state index contributed by atoms with van der Waals surface area (Å²) in [5.41, 5.74) is 7.27. The number of anilines is 1. The third-order valence-corrected chi connectivity index (χ3v) is 4.10. The van der Waals surface area contributed by atoms with Crippen LogP contribution in [0.4, 0.5) is 10.1 Å². The SMILES string of the molecule is Cc1ccc(NC(=O)[C@H](CCCCN)NC(=O)COc2ccc(F)cc2)cc1. The van der Waals surface area contributed by atoms with Crippen molar-refractivity contribution in [2.24, 2.45) is 5.73 Å². The molecule has 0 spiro atoms. The van der Waals surface area contributed by atoms with Gasteiger partial charge >= 0.3 is 0 Å². The monoisotopic (exact) mass is 387 g/mol. The van der Waals surface area contributed by atoms with Crippen molar-refractivity contribution in [3.8, 4) is 5.75 Å². The molecule has 0 heterocycles. The molecular formula is C21H26FN3O3. The number of aryl methyl sites for hydroxylation is 1. The zero-order chi connectivity index (χ0) is 20.4. The number of nitrogens with two attached hydrogens (primary N) is 1. The quantitative estimate of drug-likeness (QED) is 0.547. The topological polar surface area (TPSA) is 93.5 Å². The van der Waals surface area contributed by atoms with Gasteiger partial charge in [-0.25, -0.2) is 4.39 Å². The van der Waals surface area contributed by atoms with Crippen LogP contribution >= 0.6 is 0 Å². The van der Waals surface area contributed by atoms with Gasteiger partial charge < -0.3 is 21.1 Å². The molecule has 0 saturated carbocycles. The Labute approximate surface area is 164 Å². The lowest BCUT2D eigenvalue weighted by Crippen LogP contribution is -2.45. The number of amides is 2. The van der Waals surface area contributed by atoms with Crippen LogP contribution in [-0.4, -0.2) is 31.0 Å². The Morgan fingerprint density at radius 2 is 1.75 bits per heavy atom. The van der Waals surface area contributed by atoms with Crippen LogP contribution < -0.4 is 21.1 Å². The van der Waals surface area contributed by atoms with Crippen molar-refractivity contribution in [1.29, 1.82) is 0 Å². The molecule has 2 aromatic rings. The van der Waals surface area contributed by atoms with Crippen molar-refractivity contribution < 1.29 is 18.7 Å². The van der Waals surface area contributed by atoms with Crippen molar-refractivity contribution in [1.82, 2.24) is 5.32 Å². The standard InChI is InChI=1S/C21H26FN3O3/c1-15-5-9-17(10-6-15)24-21(27)19(4-2-3-13-23)25-20(26)14-28-18-11-7-16(22)8-12-18/h5-12,19H,2-4,13-14,23H2,1H3,(H,24,27)(H,25,26)/t19-/m0/s1. The summed E-state index contributed by atoms with van der Waals surface area (Å²) in [7, 11) is 0. The van der Waals surface area contributed by atoms with Gasteiger partial charge in [0.1, 0.15) is 17.6 Å². The van der Waals surface area contributed by atoms with E-state index < -0.39 is 11.9 Å². The summed E-state index contributed by atoms with van der Waals surface area (Å²) in [6, 6.07) is 12.1. The number of halogens is 1. The van der Waals surface area contributed by atoms with Gasteiger partial charge in [0, 0.05) is 5.69 Å². The van der Waals surface area contributed by atoms with E-state index in [4.69, 9.17) is 10.5 Å². The Kier molecular flexibility index (Phi) is 8.42. The number of benzene rings is 2. The second-order valence-corrected chi connectivity index (χ2v) is 6.50. The first-order valence-electron chi connectivity index (χ1n) is 9.23. The van der Waals surface area contributed by atoms with Crippen molar-refractivity contribution in [2.45, 2.75) is 32.2 Å². The maximum absolute atomic E-state index is 12.9. The number of hydrogen-bond donors (Lipinski definition) is 3. The molecule has 150 valence electrons. The molecule has 4 N–H and O–H groups in total. The Balaban J connectivity index is 1.92. The first-order chi connectivity index (χ1) is 13.5. The van der Waals surface area contributed by atoms with Crippen LogP contribution in [0, 0.1) is 12.7 Å². The normalized spacial score (nSPS) is 11.5. The summed E-state index contributed by atoms with van der Waals surface area (Å²) in [5, 5.41) is 5.51. The molecule has 0 aliphatic heterocycles. The van der Waals surface area contributed by atoms with E-state index in [9.17, 15) is 14.0 Å². The van der Waals surface area contributed by atoms with Crippen LogP contribution in [-0.2, 0) is 9.59 Å². The minimum Gasteiger partial charge on any atom is -0.484 e. The van der Waals surface area contributed by atoms with E-state index >= 15 is 0 Å². The highest BCUT2D eigenvalue weighted by molar-refractivity contribution is 5.97. The number of nitrogens with one attached hydrogen (secondary N) is 2. The van der Waals surface area contributed by atoms with Gasteiger partial charge in [-0.05, 0) is 69.1 Å². The lowest BCUT2D eigenvalue weighted by atomic mass is 10.1. The molecule has 0 unspecified atom stereocenters. The van der Waals surface area contributed by atoms with Gasteiger partial charge in [-0.1, -0.05) is 17.7 Å². The van der Waals surface area contributed by atoms with Crippen LogP contribution in [0.15, 0.2) is 48.5 Å². The highest BCUT2D eigenvalue weighted by Crippen LogP contribution is 2.12. The minimum atomic E-state index is -0.697. The van der Waals surface area contributed by atoms with Gasteiger partial charge in [-0.2, -0.15) is 0 Å². The Bertz CT molecular complexity index is 763. The van der Waals surface area contributed by atoms with E-state index in [-0.39, 0.29) is 18.3 Å². The lowest BCUT2D eigenvalue weighted by molar-refractivity contribution is -0.128. The molecule has 0 fully saturated rings. The van der Waals surface area contributed by atoms with Gasteiger partial charge in [0.05, 0.1) is 0 Å². The molecule has 6 nitrogen and oxygen atoms in total. The first-order valence-corrected chi connectivity index (χ1v) is 9.23.